The summed E-state index contributed by atoms with van der Waals surface area (Å²) in [5.74, 6) is 0.486. The summed E-state index contributed by atoms with van der Waals surface area (Å²) in [5, 5.41) is 10.2. The molecule has 2 bridgehead atoms. The molecular formula is C17H24ClNO5S. The highest BCUT2D eigenvalue weighted by Gasteiger charge is 2.59. The lowest BCUT2D eigenvalue weighted by Gasteiger charge is -2.34. The van der Waals surface area contributed by atoms with Crippen LogP contribution < -0.4 is 9.47 Å². The topological polar surface area (TPSA) is 76.1 Å². The lowest BCUT2D eigenvalue weighted by molar-refractivity contribution is 0.0848. The highest BCUT2D eigenvalue weighted by molar-refractivity contribution is 7.89. The zero-order valence-corrected chi connectivity index (χ0v) is 16.2. The summed E-state index contributed by atoms with van der Waals surface area (Å²) in [4.78, 5) is 0.0537. The van der Waals surface area contributed by atoms with E-state index in [1.807, 2.05) is 6.92 Å². The Bertz CT molecular complexity index is 763. The van der Waals surface area contributed by atoms with E-state index >= 15 is 0 Å². The van der Waals surface area contributed by atoms with Crippen LogP contribution in [0.4, 0.5) is 0 Å². The van der Waals surface area contributed by atoms with Gasteiger partial charge in [0.15, 0.2) is 0 Å². The van der Waals surface area contributed by atoms with Crippen molar-refractivity contribution in [3.8, 4) is 11.5 Å². The first-order valence-corrected chi connectivity index (χ1v) is 10.2. The summed E-state index contributed by atoms with van der Waals surface area (Å²) < 4.78 is 38.9. The number of aliphatic hydroxyl groups is 1. The van der Waals surface area contributed by atoms with Gasteiger partial charge in [-0.05, 0) is 25.7 Å². The Labute approximate surface area is 153 Å². The number of hydrogen-bond donors (Lipinski definition) is 1. The molecule has 0 spiro atoms. The molecule has 1 aromatic rings. The minimum absolute atomic E-state index is 0.00222. The molecule has 1 aromatic carbocycles. The van der Waals surface area contributed by atoms with Crippen molar-refractivity contribution in [1.29, 1.82) is 0 Å². The zero-order valence-electron chi connectivity index (χ0n) is 14.7. The third-order valence-electron chi connectivity index (χ3n) is 5.80. The Morgan fingerprint density at radius 3 is 2.48 bits per heavy atom. The number of nitrogens with zero attached hydrogens (tertiary/aromatic N) is 1. The number of fused-ring (bicyclic) bond motifs is 2. The number of rotatable bonds is 6. The van der Waals surface area contributed by atoms with Gasteiger partial charge in [-0.2, -0.15) is 4.31 Å². The Balaban J connectivity index is 2.09. The van der Waals surface area contributed by atoms with Crippen molar-refractivity contribution >= 4 is 21.6 Å². The van der Waals surface area contributed by atoms with Gasteiger partial charge in [0.2, 0.25) is 10.0 Å². The van der Waals surface area contributed by atoms with Crippen LogP contribution in [-0.2, 0) is 10.0 Å². The maximum Gasteiger partial charge on any atom is 0.247 e. The predicted molar refractivity (Wildman–Crippen MR) is 94.8 cm³/mol. The molecule has 0 aromatic heterocycles. The Hall–Kier alpha value is -1.02. The molecule has 0 saturated carbocycles. The summed E-state index contributed by atoms with van der Waals surface area (Å²) in [5.41, 5.74) is -0.361. The van der Waals surface area contributed by atoms with E-state index in [1.54, 1.807) is 4.31 Å². The van der Waals surface area contributed by atoms with E-state index < -0.39 is 10.0 Å². The molecule has 0 radical (unpaired) electrons. The maximum absolute atomic E-state index is 13.4. The second-order valence-corrected chi connectivity index (χ2v) is 9.02. The minimum atomic E-state index is -3.80. The van der Waals surface area contributed by atoms with Gasteiger partial charge in [0.25, 0.3) is 0 Å². The summed E-state index contributed by atoms with van der Waals surface area (Å²) in [6.07, 6.45) is 3.03. The molecule has 25 heavy (non-hydrogen) atoms. The summed E-state index contributed by atoms with van der Waals surface area (Å²) in [6, 6.07) is 2.60. The number of methoxy groups -OCH3 is 2. The van der Waals surface area contributed by atoms with Crippen LogP contribution in [0.15, 0.2) is 17.0 Å². The van der Waals surface area contributed by atoms with Gasteiger partial charge in [-0.15, -0.1) is 0 Å². The Morgan fingerprint density at radius 2 is 1.96 bits per heavy atom. The van der Waals surface area contributed by atoms with E-state index in [-0.39, 0.29) is 40.5 Å². The third-order valence-corrected chi connectivity index (χ3v) is 8.08. The van der Waals surface area contributed by atoms with Gasteiger partial charge in [0, 0.05) is 29.6 Å². The molecule has 2 saturated heterocycles. The molecule has 0 amide bonds. The van der Waals surface area contributed by atoms with Crippen molar-refractivity contribution in [2.24, 2.45) is 5.41 Å². The van der Waals surface area contributed by atoms with E-state index in [9.17, 15) is 13.5 Å². The highest BCUT2D eigenvalue weighted by atomic mass is 35.5. The first-order chi connectivity index (χ1) is 11.8. The van der Waals surface area contributed by atoms with E-state index in [4.69, 9.17) is 21.1 Å². The number of benzene rings is 1. The number of ether oxygens (including phenoxy) is 2. The first-order valence-electron chi connectivity index (χ1n) is 8.40. The molecule has 140 valence electrons. The van der Waals surface area contributed by atoms with E-state index in [1.165, 1.54) is 26.4 Å². The number of hydrogen-bond acceptors (Lipinski definition) is 5. The summed E-state index contributed by atoms with van der Waals surface area (Å²) in [7, 11) is -0.941. The Morgan fingerprint density at radius 1 is 1.28 bits per heavy atom. The number of aliphatic hydroxyl groups excluding tert-OH is 1. The van der Waals surface area contributed by atoms with Crippen molar-refractivity contribution in [3.63, 3.8) is 0 Å². The molecule has 1 N–H and O–H groups in total. The fraction of sp³-hybridized carbons (Fsp3) is 0.647. The molecule has 2 aliphatic rings. The van der Waals surface area contributed by atoms with Gasteiger partial charge < -0.3 is 14.6 Å². The molecule has 2 fully saturated rings. The van der Waals surface area contributed by atoms with Crippen LogP contribution in [0.3, 0.4) is 0 Å². The normalized spacial score (nSPS) is 29.2. The van der Waals surface area contributed by atoms with Crippen LogP contribution in [-0.4, -0.2) is 50.7 Å². The first kappa shape index (κ1) is 18.8. The SMILES string of the molecule is CC[C@@]1(CO)C[C@@H]2CC[C@H]1N2S(=O)(=O)c1cc(OC)c(Cl)cc1OC. The van der Waals surface area contributed by atoms with Crippen molar-refractivity contribution in [2.45, 2.75) is 49.6 Å². The molecular weight excluding hydrogens is 366 g/mol. The second-order valence-electron chi connectivity index (χ2n) is 6.80. The molecule has 0 unspecified atom stereocenters. The van der Waals surface area contributed by atoms with Gasteiger partial charge in [-0.3, -0.25) is 0 Å². The quantitative estimate of drug-likeness (QED) is 0.809. The fourth-order valence-electron chi connectivity index (χ4n) is 4.41. The average molecular weight is 390 g/mol. The largest absolute Gasteiger partial charge is 0.495 e. The third kappa shape index (κ3) is 2.72. The number of halogens is 1. The van der Waals surface area contributed by atoms with Crippen molar-refractivity contribution < 1.29 is 23.0 Å². The Kier molecular flexibility index (Phi) is 4.96. The van der Waals surface area contributed by atoms with Gasteiger partial charge in [-0.25, -0.2) is 8.42 Å². The monoisotopic (exact) mass is 389 g/mol. The zero-order chi connectivity index (χ0) is 18.4. The average Bonchev–Trinajstić information content (AvgIpc) is 3.18. The van der Waals surface area contributed by atoms with Crippen LogP contribution in [0.1, 0.15) is 32.6 Å². The lowest BCUT2D eigenvalue weighted by Crippen LogP contribution is -2.42. The van der Waals surface area contributed by atoms with Gasteiger partial charge in [0.1, 0.15) is 16.4 Å². The second kappa shape index (κ2) is 6.61. The van der Waals surface area contributed by atoms with Crippen molar-refractivity contribution in [3.05, 3.63) is 17.2 Å². The molecule has 3 rings (SSSR count). The minimum Gasteiger partial charge on any atom is -0.495 e. The van der Waals surface area contributed by atoms with E-state index in [2.05, 4.69) is 0 Å². The van der Waals surface area contributed by atoms with Crippen LogP contribution >= 0.6 is 11.6 Å². The predicted octanol–water partition coefficient (Wildman–Crippen LogP) is 2.67. The van der Waals surface area contributed by atoms with Gasteiger partial charge in [0.05, 0.1) is 25.8 Å². The number of sulfonamides is 1. The van der Waals surface area contributed by atoms with E-state index in [0.717, 1.165) is 19.3 Å². The smallest absolute Gasteiger partial charge is 0.247 e. The van der Waals surface area contributed by atoms with Crippen LogP contribution in [0.2, 0.25) is 5.02 Å². The van der Waals surface area contributed by atoms with Crippen molar-refractivity contribution in [2.75, 3.05) is 20.8 Å². The lowest BCUT2D eigenvalue weighted by atomic mass is 9.72. The molecule has 3 atom stereocenters. The standard InChI is InChI=1S/C17H24ClNO5S/c1-4-17(10-20)9-11-5-6-16(17)19(11)25(21,22)15-8-13(23-2)12(18)7-14(15)24-3/h7-8,11,16,20H,4-6,9-10H2,1-3H3/t11-,16+,17-/m0/s1. The van der Waals surface area contributed by atoms with Crippen LogP contribution in [0, 0.1) is 5.41 Å². The summed E-state index contributed by atoms with van der Waals surface area (Å²) in [6.45, 7) is 2.01. The highest BCUT2D eigenvalue weighted by Crippen LogP contribution is 2.54. The van der Waals surface area contributed by atoms with Crippen molar-refractivity contribution in [1.82, 2.24) is 4.31 Å². The molecule has 2 aliphatic heterocycles. The fourth-order valence-corrected chi connectivity index (χ4v) is 6.75. The molecule has 6 nitrogen and oxygen atoms in total. The molecule has 0 aliphatic carbocycles. The van der Waals surface area contributed by atoms with Gasteiger partial charge in [-0.1, -0.05) is 18.5 Å². The summed E-state index contributed by atoms with van der Waals surface area (Å²) >= 11 is 6.10. The molecule has 2 heterocycles. The van der Waals surface area contributed by atoms with Crippen LogP contribution in [0.25, 0.3) is 0 Å². The molecule has 8 heteroatoms. The maximum atomic E-state index is 13.4. The van der Waals surface area contributed by atoms with Crippen LogP contribution in [0.5, 0.6) is 11.5 Å². The van der Waals surface area contributed by atoms with Gasteiger partial charge >= 0.3 is 0 Å². The van der Waals surface area contributed by atoms with E-state index in [0.29, 0.717) is 11.4 Å².